The minimum Gasteiger partial charge on any atom is -0.459 e. The molecule has 0 unspecified atom stereocenters. The highest BCUT2D eigenvalue weighted by molar-refractivity contribution is 5.87. The third kappa shape index (κ3) is 12.5. The summed E-state index contributed by atoms with van der Waals surface area (Å²) < 4.78 is 123. The summed E-state index contributed by atoms with van der Waals surface area (Å²) in [5.41, 5.74) is -9.31. The lowest BCUT2D eigenvalue weighted by atomic mass is 9.58. The number of hydrogen-bond donors (Lipinski definition) is 0. The van der Waals surface area contributed by atoms with Crippen LogP contribution >= 0.6 is 0 Å². The number of rotatable bonds is 19. The number of alkyl halides is 6. The van der Waals surface area contributed by atoms with E-state index in [1.54, 1.807) is 54.5 Å². The topological polar surface area (TPSA) is 141 Å². The fraction of sp³-hybridized carbons (Fsp3) is 0.574. The van der Waals surface area contributed by atoms with Crippen LogP contribution in [-0.4, -0.2) is 80.1 Å². The smallest absolute Gasteiger partial charge is 0.432 e. The second-order valence-corrected chi connectivity index (χ2v) is 20.1. The van der Waals surface area contributed by atoms with Crippen molar-refractivity contribution >= 4 is 29.7 Å². The zero-order chi connectivity index (χ0) is 53.5. The van der Waals surface area contributed by atoms with Crippen LogP contribution in [0.25, 0.3) is 0 Å². The molecule has 2 aliphatic carbocycles. The van der Waals surface area contributed by atoms with Gasteiger partial charge in [0.1, 0.15) is 29.7 Å². The van der Waals surface area contributed by atoms with Crippen molar-refractivity contribution in [2.75, 3.05) is 14.2 Å². The van der Waals surface area contributed by atoms with E-state index in [9.17, 15) is 37.1 Å². The Morgan fingerprint density at radius 2 is 1.28 bits per heavy atom. The Kier molecular flexibility index (Phi) is 18.6. The number of carbonyl (C=O) groups excluding carboxylic acids is 5. The van der Waals surface area contributed by atoms with E-state index in [4.69, 9.17) is 28.4 Å². The second kappa shape index (κ2) is 22.6. The van der Waals surface area contributed by atoms with Crippen LogP contribution in [0.2, 0.25) is 0 Å². The van der Waals surface area contributed by atoms with Crippen LogP contribution in [0.3, 0.4) is 0 Å². The first-order valence-electron chi connectivity index (χ1n) is 23.5. The number of benzene rings is 2. The highest BCUT2D eigenvalue weighted by Crippen LogP contribution is 2.53. The molecule has 392 valence electrons. The maximum absolute atomic E-state index is 15.1. The zero-order valence-corrected chi connectivity index (χ0v) is 42.6. The van der Waals surface area contributed by atoms with E-state index in [-0.39, 0.29) is 56.6 Å². The molecular weight excluding hydrogens is 939 g/mol. The molecule has 0 radical (unpaired) electrons. The third-order valence-corrected chi connectivity index (χ3v) is 14.6. The van der Waals surface area contributed by atoms with Crippen LogP contribution in [0.15, 0.2) is 95.6 Å². The summed E-state index contributed by atoms with van der Waals surface area (Å²) in [5, 5.41) is 0. The summed E-state index contributed by atoms with van der Waals surface area (Å²) in [7, 11) is 1.52. The molecular formula is C54H68F6O11. The first kappa shape index (κ1) is 58.3. The molecule has 2 aromatic rings. The minimum absolute atomic E-state index is 0.0216. The molecule has 0 heterocycles. The predicted molar refractivity (Wildman–Crippen MR) is 251 cm³/mol. The van der Waals surface area contributed by atoms with E-state index in [1.807, 2.05) is 13.0 Å². The number of esters is 4. The summed E-state index contributed by atoms with van der Waals surface area (Å²) in [6.07, 6.45) is -8.45. The van der Waals surface area contributed by atoms with E-state index in [0.717, 1.165) is 44.1 Å². The van der Waals surface area contributed by atoms with Crippen LogP contribution in [0.1, 0.15) is 125 Å². The Morgan fingerprint density at radius 1 is 0.761 bits per heavy atom. The molecule has 0 aliphatic heterocycles. The molecule has 17 heteroatoms. The van der Waals surface area contributed by atoms with Crippen molar-refractivity contribution in [3.63, 3.8) is 0 Å². The number of ether oxygens (including phenoxy) is 6. The van der Waals surface area contributed by atoms with Crippen molar-refractivity contribution in [2.24, 2.45) is 22.7 Å². The number of carbonyl (C=O) groups is 5. The molecule has 0 N–H and O–H groups in total. The van der Waals surface area contributed by atoms with Gasteiger partial charge in [0.15, 0.2) is 0 Å². The van der Waals surface area contributed by atoms with Crippen molar-refractivity contribution in [1.82, 2.24) is 0 Å². The minimum atomic E-state index is -5.30. The van der Waals surface area contributed by atoms with E-state index in [1.165, 1.54) is 56.3 Å². The van der Waals surface area contributed by atoms with Gasteiger partial charge in [-0.3, -0.25) is 14.4 Å². The standard InChI is InChI=1S/C54H68F6O11/c1-33(24-27-43-49(8,9)45(29-30-50(43,10)71-37(5)62)70-47(65)52(67-12,54(58,59)60)39-21-17-14-18-22-39)23-26-40(69-46(64)51(66-11,53(55,56)57)38-19-15-13-16-20-38)31-35(3)42(68-36(4)61)32-41-34(2)25-28-44(63)48(41,6)7/h13-23,25,31,40-43,45H,24,26-30,32H2,1-12H3/b33-23+,35-31+/t40-,41-,42+,43+,45+,50+,51+,52+/m1/s1. The fourth-order valence-electron chi connectivity index (χ4n) is 10.5. The van der Waals surface area contributed by atoms with Crippen molar-refractivity contribution in [3.05, 3.63) is 107 Å². The molecule has 1 saturated carbocycles. The molecule has 1 fully saturated rings. The predicted octanol–water partition coefficient (Wildman–Crippen LogP) is 11.7. The van der Waals surface area contributed by atoms with Gasteiger partial charge in [-0.05, 0) is 77.4 Å². The number of allylic oxidation sites excluding steroid dienone is 3. The molecule has 0 aromatic heterocycles. The zero-order valence-electron chi connectivity index (χ0n) is 42.6. The lowest BCUT2D eigenvalue weighted by molar-refractivity contribution is -0.283. The Labute approximate surface area is 412 Å². The lowest BCUT2D eigenvalue weighted by Gasteiger charge is -2.53. The van der Waals surface area contributed by atoms with E-state index in [2.05, 4.69) is 0 Å². The van der Waals surface area contributed by atoms with Crippen molar-refractivity contribution in [2.45, 2.75) is 162 Å². The molecule has 0 bridgehead atoms. The maximum atomic E-state index is 15.1. The summed E-state index contributed by atoms with van der Waals surface area (Å²) in [5.74, 6) is -5.76. The molecule has 4 rings (SSSR count). The second-order valence-electron chi connectivity index (χ2n) is 20.1. The van der Waals surface area contributed by atoms with E-state index >= 15 is 13.2 Å². The quantitative estimate of drug-likeness (QED) is 0.0575. The van der Waals surface area contributed by atoms with Crippen LogP contribution < -0.4 is 0 Å². The molecule has 11 nitrogen and oxygen atoms in total. The fourth-order valence-corrected chi connectivity index (χ4v) is 10.5. The number of ketones is 1. The first-order chi connectivity index (χ1) is 32.8. The average molecular weight is 1010 g/mol. The SMILES string of the molecule is CO[C@](C(=O)O[C@H]1CC[C@](C)(OC(C)=O)[C@@H](CC/C(C)=C/C[C@H](/C=C(\C)[C@H](C[C@@H]2C(C)=CCC(=O)C2(C)C)OC(C)=O)OC(=O)[C@@](OC)(c2ccccc2)C(F)(F)F)C1(C)C)(c1ccccc1)C(F)(F)F. The molecule has 71 heavy (non-hydrogen) atoms. The van der Waals surface area contributed by atoms with Gasteiger partial charge in [-0.2, -0.15) is 26.3 Å². The van der Waals surface area contributed by atoms with Gasteiger partial charge in [0.05, 0.1) is 0 Å². The summed E-state index contributed by atoms with van der Waals surface area (Å²) in [6.45, 7) is 16.3. The van der Waals surface area contributed by atoms with Crippen molar-refractivity contribution in [1.29, 1.82) is 0 Å². The Morgan fingerprint density at radius 3 is 1.76 bits per heavy atom. The van der Waals surface area contributed by atoms with E-state index < -0.39 is 99.2 Å². The Balaban J connectivity index is 1.74. The van der Waals surface area contributed by atoms with Gasteiger partial charge in [-0.25, -0.2) is 9.59 Å². The monoisotopic (exact) mass is 1010 g/mol. The van der Waals surface area contributed by atoms with Crippen LogP contribution in [0, 0.1) is 22.7 Å². The highest BCUT2D eigenvalue weighted by atomic mass is 19.4. The average Bonchev–Trinajstić information content (AvgIpc) is 3.26. The lowest BCUT2D eigenvalue weighted by Crippen LogP contribution is -2.58. The van der Waals surface area contributed by atoms with Gasteiger partial charge in [0.25, 0.3) is 11.2 Å². The molecule has 8 atom stereocenters. The molecule has 0 spiro atoms. The summed E-state index contributed by atoms with van der Waals surface area (Å²) in [4.78, 5) is 66.1. The molecule has 2 aliphatic rings. The number of methoxy groups -OCH3 is 2. The molecule has 0 amide bonds. The largest absolute Gasteiger partial charge is 0.459 e. The molecule has 0 saturated heterocycles. The third-order valence-electron chi connectivity index (χ3n) is 14.6. The molecule has 2 aromatic carbocycles. The number of hydrogen-bond acceptors (Lipinski definition) is 11. The maximum Gasteiger partial charge on any atom is 0.432 e. The van der Waals surface area contributed by atoms with Gasteiger partial charge in [0.2, 0.25) is 0 Å². The normalized spacial score (nSPS) is 24.3. The first-order valence-corrected chi connectivity index (χ1v) is 23.5. The Bertz CT molecular complexity index is 2320. The van der Waals surface area contributed by atoms with Crippen molar-refractivity contribution in [3.8, 4) is 0 Å². The number of Topliss-reactive ketones (excluding diaryl/α,β-unsaturated/α-hetero) is 1. The van der Waals surface area contributed by atoms with E-state index in [0.29, 0.717) is 11.1 Å². The van der Waals surface area contributed by atoms with Crippen molar-refractivity contribution < 1.29 is 78.7 Å². The van der Waals surface area contributed by atoms with Crippen LogP contribution in [0.5, 0.6) is 0 Å². The van der Waals surface area contributed by atoms with Gasteiger partial charge >= 0.3 is 36.2 Å². The van der Waals surface area contributed by atoms with Gasteiger partial charge in [0, 0.05) is 68.8 Å². The number of halogens is 6. The summed E-state index contributed by atoms with van der Waals surface area (Å²) >= 11 is 0. The van der Waals surface area contributed by atoms with Gasteiger partial charge in [-0.1, -0.05) is 112 Å². The highest BCUT2D eigenvalue weighted by Gasteiger charge is 2.66. The van der Waals surface area contributed by atoms with Crippen LogP contribution in [0.4, 0.5) is 26.3 Å². The van der Waals surface area contributed by atoms with Gasteiger partial charge in [-0.15, -0.1) is 0 Å². The van der Waals surface area contributed by atoms with Crippen LogP contribution in [-0.2, 0) is 63.6 Å². The Hall–Kier alpha value is -5.29. The summed E-state index contributed by atoms with van der Waals surface area (Å²) in [6, 6.07) is 12.7. The van der Waals surface area contributed by atoms with Gasteiger partial charge < -0.3 is 28.4 Å².